The van der Waals surface area contributed by atoms with Crippen molar-refractivity contribution in [2.75, 3.05) is 7.11 Å². The molecule has 3 rings (SSSR count). The van der Waals surface area contributed by atoms with Gasteiger partial charge in [0.25, 0.3) is 0 Å². The molecule has 1 atom stereocenters. The zero-order valence-corrected chi connectivity index (χ0v) is 15.8. The fourth-order valence-corrected chi connectivity index (χ4v) is 3.44. The molecule has 0 spiro atoms. The van der Waals surface area contributed by atoms with Gasteiger partial charge in [0, 0.05) is 5.25 Å². The molecule has 0 fully saturated rings. The fourth-order valence-electron chi connectivity index (χ4n) is 2.52. The van der Waals surface area contributed by atoms with Crippen LogP contribution in [0.3, 0.4) is 0 Å². The summed E-state index contributed by atoms with van der Waals surface area (Å²) in [5.41, 5.74) is 2.74. The number of ether oxygens (including phenoxy) is 2. The van der Waals surface area contributed by atoms with Gasteiger partial charge in [-0.05, 0) is 59.7 Å². The SMILES string of the molecule is COc1ccc(C)cc1-n1nnnc1SC(C)c1ccc(OC(F)F)cc1. The van der Waals surface area contributed by atoms with Crippen LogP contribution in [-0.4, -0.2) is 33.9 Å². The molecular formula is C18H18F2N4O2S. The lowest BCUT2D eigenvalue weighted by molar-refractivity contribution is -0.0498. The van der Waals surface area contributed by atoms with E-state index in [0.717, 1.165) is 16.8 Å². The Morgan fingerprint density at radius 3 is 2.52 bits per heavy atom. The molecule has 0 saturated heterocycles. The van der Waals surface area contributed by atoms with Crippen molar-refractivity contribution in [2.24, 2.45) is 0 Å². The highest BCUT2D eigenvalue weighted by Crippen LogP contribution is 2.36. The third-order valence-corrected chi connectivity index (χ3v) is 4.95. The van der Waals surface area contributed by atoms with Gasteiger partial charge < -0.3 is 9.47 Å². The Bertz CT molecular complexity index is 903. The maximum absolute atomic E-state index is 12.3. The molecule has 0 N–H and O–H groups in total. The van der Waals surface area contributed by atoms with Crippen LogP contribution >= 0.6 is 11.8 Å². The first kappa shape index (κ1) is 19.1. The number of tetrazole rings is 1. The quantitative estimate of drug-likeness (QED) is 0.554. The van der Waals surface area contributed by atoms with Crippen molar-refractivity contribution in [3.05, 3.63) is 53.6 Å². The third kappa shape index (κ3) is 4.54. The standard InChI is InChI=1S/C18H18F2N4O2S/c1-11-4-9-16(25-3)15(10-11)24-18(21-22-23-24)27-12(2)13-5-7-14(8-6-13)26-17(19)20/h4-10,12,17H,1-3H3. The molecule has 0 radical (unpaired) electrons. The largest absolute Gasteiger partial charge is 0.494 e. The molecule has 0 aliphatic rings. The van der Waals surface area contributed by atoms with Crippen molar-refractivity contribution in [1.29, 1.82) is 0 Å². The monoisotopic (exact) mass is 392 g/mol. The number of hydrogen-bond acceptors (Lipinski definition) is 6. The van der Waals surface area contributed by atoms with Gasteiger partial charge in [-0.3, -0.25) is 0 Å². The zero-order chi connectivity index (χ0) is 19.4. The Morgan fingerprint density at radius 1 is 1.11 bits per heavy atom. The molecule has 0 aliphatic heterocycles. The Labute approximate surface area is 159 Å². The highest BCUT2D eigenvalue weighted by atomic mass is 32.2. The van der Waals surface area contributed by atoms with Crippen LogP contribution in [0.2, 0.25) is 0 Å². The minimum Gasteiger partial charge on any atom is -0.494 e. The minimum absolute atomic E-state index is 0.00819. The van der Waals surface area contributed by atoms with E-state index in [2.05, 4.69) is 20.3 Å². The Morgan fingerprint density at radius 2 is 1.85 bits per heavy atom. The number of hydrogen-bond donors (Lipinski definition) is 0. The number of aromatic nitrogens is 4. The summed E-state index contributed by atoms with van der Waals surface area (Å²) in [7, 11) is 1.59. The molecule has 2 aromatic carbocycles. The molecule has 1 aromatic heterocycles. The summed E-state index contributed by atoms with van der Waals surface area (Å²) in [5.74, 6) is 0.788. The van der Waals surface area contributed by atoms with Crippen LogP contribution in [0.1, 0.15) is 23.3 Å². The second-order valence-electron chi connectivity index (χ2n) is 5.76. The first-order valence-electron chi connectivity index (χ1n) is 8.12. The summed E-state index contributed by atoms with van der Waals surface area (Å²) in [6.07, 6.45) is 0. The molecule has 6 nitrogen and oxygen atoms in total. The number of benzene rings is 2. The van der Waals surface area contributed by atoms with Gasteiger partial charge >= 0.3 is 6.61 Å². The lowest BCUT2D eigenvalue weighted by Crippen LogP contribution is -2.03. The van der Waals surface area contributed by atoms with Gasteiger partial charge in [-0.15, -0.1) is 5.10 Å². The van der Waals surface area contributed by atoms with Crippen LogP contribution in [0.4, 0.5) is 8.78 Å². The van der Waals surface area contributed by atoms with Crippen molar-refractivity contribution in [3.8, 4) is 17.2 Å². The van der Waals surface area contributed by atoms with Crippen molar-refractivity contribution in [3.63, 3.8) is 0 Å². The average molecular weight is 392 g/mol. The second-order valence-corrected chi connectivity index (χ2v) is 7.06. The molecule has 142 valence electrons. The zero-order valence-electron chi connectivity index (χ0n) is 15.0. The Balaban J connectivity index is 1.81. The van der Waals surface area contributed by atoms with Gasteiger partial charge in [0.2, 0.25) is 5.16 Å². The second kappa shape index (κ2) is 8.34. The van der Waals surface area contributed by atoms with Crippen LogP contribution in [0.15, 0.2) is 47.6 Å². The lowest BCUT2D eigenvalue weighted by atomic mass is 10.2. The smallest absolute Gasteiger partial charge is 0.387 e. The van der Waals surface area contributed by atoms with E-state index in [-0.39, 0.29) is 11.0 Å². The van der Waals surface area contributed by atoms with Crippen molar-refractivity contribution < 1.29 is 18.3 Å². The van der Waals surface area contributed by atoms with E-state index in [1.165, 1.54) is 23.9 Å². The van der Waals surface area contributed by atoms with Gasteiger partial charge in [-0.25, -0.2) is 0 Å². The molecule has 3 aromatic rings. The minimum atomic E-state index is -2.84. The summed E-state index contributed by atoms with van der Waals surface area (Å²) in [5, 5.41) is 12.6. The molecule has 9 heteroatoms. The van der Waals surface area contributed by atoms with E-state index in [0.29, 0.717) is 10.9 Å². The van der Waals surface area contributed by atoms with E-state index in [9.17, 15) is 8.78 Å². The maximum Gasteiger partial charge on any atom is 0.387 e. The van der Waals surface area contributed by atoms with E-state index in [1.54, 1.807) is 23.9 Å². The average Bonchev–Trinajstić information content (AvgIpc) is 3.09. The van der Waals surface area contributed by atoms with Crippen LogP contribution in [0, 0.1) is 6.92 Å². The molecule has 0 aliphatic carbocycles. The summed E-state index contributed by atoms with van der Waals surface area (Å²) < 4.78 is 35.9. The number of alkyl halides is 2. The number of halogens is 2. The Kier molecular flexibility index (Phi) is 5.90. The van der Waals surface area contributed by atoms with E-state index < -0.39 is 6.61 Å². The molecule has 27 heavy (non-hydrogen) atoms. The number of methoxy groups -OCH3 is 1. The summed E-state index contributed by atoms with van der Waals surface area (Å²) >= 11 is 1.45. The maximum atomic E-state index is 12.3. The Hall–Kier alpha value is -2.68. The summed E-state index contributed by atoms with van der Waals surface area (Å²) in [6, 6.07) is 12.3. The van der Waals surface area contributed by atoms with Gasteiger partial charge in [-0.1, -0.05) is 30.0 Å². The fraction of sp³-hybridized carbons (Fsp3) is 0.278. The summed E-state index contributed by atoms with van der Waals surface area (Å²) in [4.78, 5) is 0. The van der Waals surface area contributed by atoms with E-state index in [1.807, 2.05) is 32.0 Å². The van der Waals surface area contributed by atoms with E-state index in [4.69, 9.17) is 4.74 Å². The van der Waals surface area contributed by atoms with Crippen LogP contribution < -0.4 is 9.47 Å². The van der Waals surface area contributed by atoms with Crippen molar-refractivity contribution in [1.82, 2.24) is 20.2 Å². The first-order valence-corrected chi connectivity index (χ1v) is 9.00. The van der Waals surface area contributed by atoms with Gasteiger partial charge in [0.1, 0.15) is 17.2 Å². The molecule has 1 unspecified atom stereocenters. The number of nitrogens with zero attached hydrogens (tertiary/aromatic N) is 4. The number of aryl methyl sites for hydroxylation is 1. The van der Waals surface area contributed by atoms with Gasteiger partial charge in [-0.2, -0.15) is 13.5 Å². The molecule has 0 saturated carbocycles. The van der Waals surface area contributed by atoms with Gasteiger partial charge in [0.15, 0.2) is 0 Å². The summed E-state index contributed by atoms with van der Waals surface area (Å²) in [6.45, 7) is 1.13. The first-order chi connectivity index (χ1) is 13.0. The molecule has 0 amide bonds. The number of thioether (sulfide) groups is 1. The van der Waals surface area contributed by atoms with Crippen LogP contribution in [0.5, 0.6) is 11.5 Å². The van der Waals surface area contributed by atoms with E-state index >= 15 is 0 Å². The number of rotatable bonds is 7. The molecule has 0 bridgehead atoms. The predicted octanol–water partition coefficient (Wildman–Crippen LogP) is 4.43. The van der Waals surface area contributed by atoms with Crippen LogP contribution in [0.25, 0.3) is 5.69 Å². The molecule has 1 heterocycles. The third-order valence-electron chi connectivity index (χ3n) is 3.86. The van der Waals surface area contributed by atoms with Crippen molar-refractivity contribution >= 4 is 11.8 Å². The van der Waals surface area contributed by atoms with Crippen LogP contribution in [-0.2, 0) is 0 Å². The predicted molar refractivity (Wildman–Crippen MR) is 97.8 cm³/mol. The molecular weight excluding hydrogens is 374 g/mol. The topological polar surface area (TPSA) is 62.1 Å². The highest BCUT2D eigenvalue weighted by Gasteiger charge is 2.17. The highest BCUT2D eigenvalue weighted by molar-refractivity contribution is 7.99. The van der Waals surface area contributed by atoms with Gasteiger partial charge in [0.05, 0.1) is 7.11 Å². The normalized spacial score (nSPS) is 12.2. The lowest BCUT2D eigenvalue weighted by Gasteiger charge is -2.14. The van der Waals surface area contributed by atoms with Crippen molar-refractivity contribution in [2.45, 2.75) is 30.9 Å².